The van der Waals surface area contributed by atoms with E-state index < -0.39 is 0 Å². The molecule has 3 aromatic rings. The first-order chi connectivity index (χ1) is 11.4. The van der Waals surface area contributed by atoms with E-state index in [-0.39, 0.29) is 6.04 Å². The van der Waals surface area contributed by atoms with Gasteiger partial charge in [-0.3, -0.25) is 14.6 Å². The minimum atomic E-state index is 0.208. The lowest BCUT2D eigenvalue weighted by Crippen LogP contribution is -2.39. The molecule has 1 fully saturated rings. The first-order valence-electron chi connectivity index (χ1n) is 7.64. The highest BCUT2D eigenvalue weighted by Gasteiger charge is 2.25. The first-order valence-corrected chi connectivity index (χ1v) is 7.64. The molecule has 7 nitrogen and oxygen atoms in total. The van der Waals surface area contributed by atoms with E-state index in [2.05, 4.69) is 31.1 Å². The Labute approximate surface area is 133 Å². The summed E-state index contributed by atoms with van der Waals surface area (Å²) in [4.78, 5) is 11.0. The summed E-state index contributed by atoms with van der Waals surface area (Å²) in [7, 11) is 0. The molecule has 1 aliphatic rings. The van der Waals surface area contributed by atoms with Gasteiger partial charge < -0.3 is 4.74 Å². The highest BCUT2D eigenvalue weighted by molar-refractivity contribution is 5.25. The van der Waals surface area contributed by atoms with E-state index in [0.717, 1.165) is 31.2 Å². The fourth-order valence-electron chi connectivity index (χ4n) is 2.86. The van der Waals surface area contributed by atoms with Crippen LogP contribution >= 0.6 is 0 Å². The van der Waals surface area contributed by atoms with Gasteiger partial charge in [0.25, 0.3) is 0 Å². The Morgan fingerprint density at radius 3 is 3.00 bits per heavy atom. The number of pyridine rings is 1. The van der Waals surface area contributed by atoms with Crippen LogP contribution in [0.2, 0.25) is 0 Å². The van der Waals surface area contributed by atoms with Crippen LogP contribution in [0.1, 0.15) is 17.3 Å². The summed E-state index contributed by atoms with van der Waals surface area (Å²) < 4.78 is 7.52. The van der Waals surface area contributed by atoms with Gasteiger partial charge in [0, 0.05) is 37.9 Å². The van der Waals surface area contributed by atoms with Gasteiger partial charge in [-0.1, -0.05) is 6.07 Å². The lowest BCUT2D eigenvalue weighted by atomic mass is 10.1. The van der Waals surface area contributed by atoms with Gasteiger partial charge in [0.05, 0.1) is 24.9 Å². The standard InChI is InChI=1S/C16H18N6O/c1-2-16(22-6-5-17-12-22)18-9-13(1)10-21-7-8-23-11-15(21)14-3-4-19-20-14/h1-6,9,12,15H,7-8,10-11H2,(H,19,20). The maximum absolute atomic E-state index is 5.63. The Morgan fingerprint density at radius 1 is 1.26 bits per heavy atom. The van der Waals surface area contributed by atoms with Crippen LogP contribution in [0.15, 0.2) is 49.3 Å². The van der Waals surface area contributed by atoms with Crippen molar-refractivity contribution in [1.29, 1.82) is 0 Å². The number of ether oxygens (including phenoxy) is 1. The van der Waals surface area contributed by atoms with Crippen molar-refractivity contribution in [2.45, 2.75) is 12.6 Å². The molecule has 1 unspecified atom stereocenters. The first kappa shape index (κ1) is 14.1. The van der Waals surface area contributed by atoms with E-state index >= 15 is 0 Å². The Bertz CT molecular complexity index is 723. The van der Waals surface area contributed by atoms with Gasteiger partial charge in [-0.15, -0.1) is 0 Å². The zero-order valence-corrected chi connectivity index (χ0v) is 12.7. The van der Waals surface area contributed by atoms with Gasteiger partial charge in [-0.25, -0.2) is 9.97 Å². The predicted molar refractivity (Wildman–Crippen MR) is 83.9 cm³/mol. The second kappa shape index (κ2) is 6.31. The molecule has 1 atom stereocenters. The van der Waals surface area contributed by atoms with Gasteiger partial charge in [0.2, 0.25) is 0 Å². The summed E-state index contributed by atoms with van der Waals surface area (Å²) in [5.74, 6) is 0.873. The molecule has 3 aromatic heterocycles. The quantitative estimate of drug-likeness (QED) is 0.792. The molecule has 1 N–H and O–H groups in total. The molecule has 0 aliphatic carbocycles. The molecule has 0 spiro atoms. The Morgan fingerprint density at radius 2 is 2.26 bits per heavy atom. The van der Waals surface area contributed by atoms with Crippen LogP contribution in [0.4, 0.5) is 0 Å². The normalized spacial score (nSPS) is 19.0. The molecule has 4 heterocycles. The van der Waals surface area contributed by atoms with Crippen LogP contribution in [0.25, 0.3) is 5.82 Å². The number of imidazole rings is 1. The van der Waals surface area contributed by atoms with E-state index in [0.29, 0.717) is 6.61 Å². The van der Waals surface area contributed by atoms with Crippen molar-refractivity contribution in [1.82, 2.24) is 29.6 Å². The minimum Gasteiger partial charge on any atom is -0.378 e. The number of aromatic nitrogens is 5. The van der Waals surface area contributed by atoms with Crippen molar-refractivity contribution in [2.24, 2.45) is 0 Å². The van der Waals surface area contributed by atoms with Gasteiger partial charge in [-0.2, -0.15) is 5.10 Å². The number of nitrogens with one attached hydrogen (secondary N) is 1. The molecule has 7 heteroatoms. The van der Waals surface area contributed by atoms with Gasteiger partial charge >= 0.3 is 0 Å². The van der Waals surface area contributed by atoms with Gasteiger partial charge in [0.15, 0.2) is 0 Å². The molecule has 1 aliphatic heterocycles. The average molecular weight is 310 g/mol. The summed E-state index contributed by atoms with van der Waals surface area (Å²) >= 11 is 0. The lowest BCUT2D eigenvalue weighted by Gasteiger charge is -2.34. The Kier molecular flexibility index (Phi) is 3.87. The SMILES string of the molecule is c1cn(-c2ccc(CN3CCOCC3c3ccn[nH]3)cn2)cn1. The molecule has 1 saturated heterocycles. The van der Waals surface area contributed by atoms with Crippen LogP contribution in [-0.2, 0) is 11.3 Å². The van der Waals surface area contributed by atoms with Crippen LogP contribution in [0.5, 0.6) is 0 Å². The third-order valence-electron chi connectivity index (χ3n) is 4.08. The molecular formula is C16H18N6O. The molecule has 0 amide bonds. The summed E-state index contributed by atoms with van der Waals surface area (Å²) in [6.45, 7) is 3.17. The molecule has 4 rings (SSSR count). The van der Waals surface area contributed by atoms with Crippen molar-refractivity contribution in [2.75, 3.05) is 19.8 Å². The van der Waals surface area contributed by atoms with Crippen LogP contribution < -0.4 is 0 Å². The summed E-state index contributed by atoms with van der Waals surface area (Å²) in [5, 5.41) is 7.10. The highest BCUT2D eigenvalue weighted by atomic mass is 16.5. The molecule has 23 heavy (non-hydrogen) atoms. The smallest absolute Gasteiger partial charge is 0.137 e. The van der Waals surface area contributed by atoms with Crippen LogP contribution in [0, 0.1) is 0 Å². The molecule has 0 saturated carbocycles. The van der Waals surface area contributed by atoms with Crippen molar-refractivity contribution in [3.8, 4) is 5.82 Å². The van der Waals surface area contributed by atoms with E-state index in [1.54, 1.807) is 18.7 Å². The van der Waals surface area contributed by atoms with E-state index in [1.165, 1.54) is 5.56 Å². The van der Waals surface area contributed by atoms with Crippen LogP contribution in [-0.4, -0.2) is 49.4 Å². The number of rotatable bonds is 4. The monoisotopic (exact) mass is 310 g/mol. The third-order valence-corrected chi connectivity index (χ3v) is 4.08. The summed E-state index contributed by atoms with van der Waals surface area (Å²) in [6, 6.07) is 6.34. The average Bonchev–Trinajstić information content (AvgIpc) is 3.30. The lowest BCUT2D eigenvalue weighted by molar-refractivity contribution is -0.0143. The number of hydrogen-bond acceptors (Lipinski definition) is 5. The number of H-pyrrole nitrogens is 1. The van der Waals surface area contributed by atoms with Crippen LogP contribution in [0.3, 0.4) is 0 Å². The molecular weight excluding hydrogens is 292 g/mol. The van der Waals surface area contributed by atoms with E-state index in [1.807, 2.05) is 29.1 Å². The van der Waals surface area contributed by atoms with Crippen molar-refractivity contribution < 1.29 is 4.74 Å². The Balaban J connectivity index is 1.50. The number of nitrogens with zero attached hydrogens (tertiary/aromatic N) is 5. The largest absolute Gasteiger partial charge is 0.378 e. The van der Waals surface area contributed by atoms with Gasteiger partial charge in [-0.05, 0) is 17.7 Å². The molecule has 0 radical (unpaired) electrons. The zero-order valence-electron chi connectivity index (χ0n) is 12.7. The molecule has 118 valence electrons. The predicted octanol–water partition coefficient (Wildman–Crippen LogP) is 1.56. The topological polar surface area (TPSA) is 71.9 Å². The Hall–Kier alpha value is -2.51. The molecule has 0 aromatic carbocycles. The molecule has 0 bridgehead atoms. The van der Waals surface area contributed by atoms with Crippen molar-refractivity contribution >= 4 is 0 Å². The van der Waals surface area contributed by atoms with Crippen molar-refractivity contribution in [3.05, 3.63) is 60.6 Å². The third kappa shape index (κ3) is 3.01. The zero-order chi connectivity index (χ0) is 15.5. The summed E-state index contributed by atoms with van der Waals surface area (Å²) in [6.07, 6.45) is 9.09. The fraction of sp³-hybridized carbons (Fsp3) is 0.312. The second-order valence-corrected chi connectivity index (χ2v) is 5.57. The van der Waals surface area contributed by atoms with E-state index in [4.69, 9.17) is 4.74 Å². The van der Waals surface area contributed by atoms with Gasteiger partial charge in [0.1, 0.15) is 12.1 Å². The minimum absolute atomic E-state index is 0.208. The highest BCUT2D eigenvalue weighted by Crippen LogP contribution is 2.24. The number of morpholine rings is 1. The van der Waals surface area contributed by atoms with Crippen molar-refractivity contribution in [3.63, 3.8) is 0 Å². The maximum atomic E-state index is 5.63. The van der Waals surface area contributed by atoms with E-state index in [9.17, 15) is 0 Å². The summed E-state index contributed by atoms with van der Waals surface area (Å²) in [5.41, 5.74) is 2.27. The maximum Gasteiger partial charge on any atom is 0.137 e. The number of aromatic amines is 1. The number of hydrogen-bond donors (Lipinski definition) is 1. The second-order valence-electron chi connectivity index (χ2n) is 5.57. The fourth-order valence-corrected chi connectivity index (χ4v) is 2.86.